The number of rotatable bonds is 6. The molecule has 7 heteroatoms. The molecule has 0 bridgehead atoms. The van der Waals surface area contributed by atoms with Gasteiger partial charge in [-0.3, -0.25) is 14.2 Å². The van der Waals surface area contributed by atoms with E-state index in [0.717, 1.165) is 5.56 Å². The third kappa shape index (κ3) is 5.90. The standard InChI is InChI=1S/C26H30FN3O2S/c1-16-20(15-18-11-13-19(14-12-18)26(3,4)5)24(32)30(6)25(28-16)33-17(2)23(31)29-22-10-8-7-9-21(22)27/h7-14,17H,15H2,1-6H3,(H,29,31). The van der Waals surface area contributed by atoms with Crippen LogP contribution in [0.25, 0.3) is 0 Å². The van der Waals surface area contributed by atoms with E-state index in [0.29, 0.717) is 22.8 Å². The fourth-order valence-corrected chi connectivity index (χ4v) is 4.29. The van der Waals surface area contributed by atoms with Gasteiger partial charge in [0, 0.05) is 24.7 Å². The summed E-state index contributed by atoms with van der Waals surface area (Å²) in [6.07, 6.45) is 0.490. The zero-order chi connectivity index (χ0) is 24.3. The highest BCUT2D eigenvalue weighted by Crippen LogP contribution is 2.25. The largest absolute Gasteiger partial charge is 0.323 e. The van der Waals surface area contributed by atoms with Gasteiger partial charge in [0.2, 0.25) is 5.91 Å². The van der Waals surface area contributed by atoms with Crippen molar-refractivity contribution in [2.45, 2.75) is 56.9 Å². The molecule has 1 N–H and O–H groups in total. The van der Waals surface area contributed by atoms with E-state index in [4.69, 9.17) is 0 Å². The van der Waals surface area contributed by atoms with Crippen molar-refractivity contribution in [1.29, 1.82) is 0 Å². The van der Waals surface area contributed by atoms with Gasteiger partial charge in [0.15, 0.2) is 5.16 Å². The number of halogens is 1. The van der Waals surface area contributed by atoms with Crippen LogP contribution in [-0.4, -0.2) is 20.7 Å². The Labute approximate surface area is 198 Å². The third-order valence-electron chi connectivity index (χ3n) is 5.53. The summed E-state index contributed by atoms with van der Waals surface area (Å²) in [7, 11) is 1.66. The maximum atomic E-state index is 13.8. The second-order valence-electron chi connectivity index (χ2n) is 9.18. The van der Waals surface area contributed by atoms with Gasteiger partial charge < -0.3 is 5.32 Å². The van der Waals surface area contributed by atoms with Crippen molar-refractivity contribution >= 4 is 23.4 Å². The Morgan fingerprint density at radius 1 is 1.15 bits per heavy atom. The van der Waals surface area contributed by atoms with Crippen LogP contribution in [0.1, 0.15) is 50.1 Å². The number of aryl methyl sites for hydroxylation is 1. The first-order valence-electron chi connectivity index (χ1n) is 10.9. The summed E-state index contributed by atoms with van der Waals surface area (Å²) in [6, 6.07) is 14.3. The molecule has 3 aromatic rings. The average Bonchev–Trinajstić information content (AvgIpc) is 2.76. The summed E-state index contributed by atoms with van der Waals surface area (Å²) in [5.74, 6) is -0.857. The minimum Gasteiger partial charge on any atom is -0.323 e. The Bertz CT molecular complexity index is 1210. The molecule has 5 nitrogen and oxygen atoms in total. The summed E-state index contributed by atoms with van der Waals surface area (Å²) in [5.41, 5.74) is 3.62. The monoisotopic (exact) mass is 467 g/mol. The fourth-order valence-electron chi connectivity index (χ4n) is 3.37. The van der Waals surface area contributed by atoms with Crippen LogP contribution in [0.15, 0.2) is 58.5 Å². The topological polar surface area (TPSA) is 64.0 Å². The number of benzene rings is 2. The first kappa shape index (κ1) is 24.7. The van der Waals surface area contributed by atoms with Crippen molar-refractivity contribution in [2.75, 3.05) is 5.32 Å². The Morgan fingerprint density at radius 2 is 1.79 bits per heavy atom. The van der Waals surface area contributed by atoms with Crippen LogP contribution in [0.4, 0.5) is 10.1 Å². The van der Waals surface area contributed by atoms with E-state index < -0.39 is 11.1 Å². The molecule has 0 aliphatic rings. The van der Waals surface area contributed by atoms with Crippen molar-refractivity contribution in [3.8, 4) is 0 Å². The summed E-state index contributed by atoms with van der Waals surface area (Å²) in [6.45, 7) is 10.0. The second-order valence-corrected chi connectivity index (χ2v) is 10.5. The molecule has 2 aromatic carbocycles. The van der Waals surface area contributed by atoms with E-state index in [-0.39, 0.29) is 22.6 Å². The van der Waals surface area contributed by atoms with Gasteiger partial charge in [-0.2, -0.15) is 0 Å². The Hall–Kier alpha value is -2.93. The van der Waals surface area contributed by atoms with Gasteiger partial charge in [0.05, 0.1) is 10.9 Å². The van der Waals surface area contributed by atoms with Crippen molar-refractivity contribution in [3.63, 3.8) is 0 Å². The highest BCUT2D eigenvalue weighted by atomic mass is 32.2. The number of nitrogens with zero attached hydrogens (tertiary/aromatic N) is 2. The number of aromatic nitrogens is 2. The zero-order valence-corrected chi connectivity index (χ0v) is 20.7. The van der Waals surface area contributed by atoms with Crippen LogP contribution in [0.5, 0.6) is 0 Å². The number of amides is 1. The van der Waals surface area contributed by atoms with E-state index >= 15 is 0 Å². The molecular formula is C26H30FN3O2S. The molecule has 0 saturated carbocycles. The van der Waals surface area contributed by atoms with Gasteiger partial charge in [-0.05, 0) is 42.5 Å². The molecule has 1 heterocycles. The lowest BCUT2D eigenvalue weighted by molar-refractivity contribution is -0.115. The van der Waals surface area contributed by atoms with Crippen molar-refractivity contribution in [3.05, 3.63) is 87.1 Å². The SMILES string of the molecule is Cc1nc(SC(C)C(=O)Nc2ccccc2F)n(C)c(=O)c1Cc1ccc(C(C)(C)C)cc1. The minimum absolute atomic E-state index is 0.0697. The lowest BCUT2D eigenvalue weighted by Gasteiger charge is -2.19. The van der Waals surface area contributed by atoms with Gasteiger partial charge in [-0.15, -0.1) is 0 Å². The van der Waals surface area contributed by atoms with E-state index in [2.05, 4.69) is 55.3 Å². The maximum absolute atomic E-state index is 13.8. The number of anilines is 1. The summed E-state index contributed by atoms with van der Waals surface area (Å²) in [5, 5.41) is 2.46. The van der Waals surface area contributed by atoms with Gasteiger partial charge in [-0.25, -0.2) is 9.37 Å². The molecule has 174 valence electrons. The summed E-state index contributed by atoms with van der Waals surface area (Å²) in [4.78, 5) is 30.2. The molecule has 0 aliphatic carbocycles. The van der Waals surface area contributed by atoms with Crippen LogP contribution in [0, 0.1) is 12.7 Å². The van der Waals surface area contributed by atoms with E-state index in [1.165, 1.54) is 34.0 Å². The molecule has 0 aliphatic heterocycles. The molecule has 1 unspecified atom stereocenters. The molecule has 1 atom stereocenters. The first-order chi connectivity index (χ1) is 15.5. The minimum atomic E-state index is -0.571. The van der Waals surface area contributed by atoms with Gasteiger partial charge in [0.1, 0.15) is 5.82 Å². The highest BCUT2D eigenvalue weighted by Gasteiger charge is 2.21. The number of hydrogen-bond acceptors (Lipinski definition) is 4. The van der Waals surface area contributed by atoms with Crippen molar-refractivity contribution in [2.24, 2.45) is 7.05 Å². The second kappa shape index (κ2) is 9.91. The average molecular weight is 468 g/mol. The molecular weight excluding hydrogens is 437 g/mol. The summed E-state index contributed by atoms with van der Waals surface area (Å²) < 4.78 is 15.3. The number of hydrogen-bond donors (Lipinski definition) is 1. The quantitative estimate of drug-likeness (QED) is 0.398. The molecule has 1 amide bonds. The highest BCUT2D eigenvalue weighted by molar-refractivity contribution is 8.00. The van der Waals surface area contributed by atoms with Crippen LogP contribution in [0.3, 0.4) is 0 Å². The smallest absolute Gasteiger partial charge is 0.257 e. The number of carbonyl (C=O) groups excluding carboxylic acids is 1. The van der Waals surface area contributed by atoms with E-state index in [1.54, 1.807) is 26.1 Å². The third-order valence-corrected chi connectivity index (χ3v) is 6.68. The van der Waals surface area contributed by atoms with Crippen molar-refractivity contribution < 1.29 is 9.18 Å². The number of thioether (sulfide) groups is 1. The lowest BCUT2D eigenvalue weighted by Crippen LogP contribution is -2.28. The normalized spacial score (nSPS) is 12.5. The predicted octanol–water partition coefficient (Wildman–Crippen LogP) is 5.24. The molecule has 1 aromatic heterocycles. The molecule has 33 heavy (non-hydrogen) atoms. The van der Waals surface area contributed by atoms with Crippen LogP contribution >= 0.6 is 11.8 Å². The molecule has 0 radical (unpaired) electrons. The number of nitrogens with one attached hydrogen (secondary N) is 1. The van der Waals surface area contributed by atoms with Gasteiger partial charge in [-0.1, -0.05) is 68.9 Å². The molecule has 0 fully saturated rings. The van der Waals surface area contributed by atoms with Gasteiger partial charge in [0.25, 0.3) is 5.56 Å². The van der Waals surface area contributed by atoms with Crippen LogP contribution in [-0.2, 0) is 23.7 Å². The Kier molecular flexibility index (Phi) is 7.42. The molecule has 0 saturated heterocycles. The Balaban J connectivity index is 1.77. The fraction of sp³-hybridized carbons (Fsp3) is 0.346. The van der Waals surface area contributed by atoms with E-state index in [1.807, 2.05) is 6.92 Å². The van der Waals surface area contributed by atoms with Crippen LogP contribution in [0.2, 0.25) is 0 Å². The zero-order valence-electron chi connectivity index (χ0n) is 19.9. The Morgan fingerprint density at radius 3 is 2.39 bits per heavy atom. The molecule has 0 spiro atoms. The molecule has 3 rings (SSSR count). The predicted molar refractivity (Wildman–Crippen MR) is 133 cm³/mol. The first-order valence-corrected chi connectivity index (χ1v) is 11.7. The van der Waals surface area contributed by atoms with E-state index in [9.17, 15) is 14.0 Å². The maximum Gasteiger partial charge on any atom is 0.257 e. The lowest BCUT2D eigenvalue weighted by atomic mass is 9.86. The number of para-hydroxylation sites is 1. The number of carbonyl (C=O) groups is 1. The summed E-state index contributed by atoms with van der Waals surface area (Å²) >= 11 is 1.17. The van der Waals surface area contributed by atoms with Gasteiger partial charge >= 0.3 is 0 Å². The van der Waals surface area contributed by atoms with Crippen molar-refractivity contribution in [1.82, 2.24) is 9.55 Å². The van der Waals surface area contributed by atoms with Crippen LogP contribution < -0.4 is 10.9 Å².